The van der Waals surface area contributed by atoms with Crippen LogP contribution in [0.1, 0.15) is 42.3 Å². The quantitative estimate of drug-likeness (QED) is 0.0683. The first-order valence-corrected chi connectivity index (χ1v) is 19.8. The molecule has 1 fully saturated rings. The molecule has 0 unspecified atom stereocenters. The number of aromatic nitrogens is 1. The third-order valence-electron chi connectivity index (χ3n) is 9.36. The van der Waals surface area contributed by atoms with Crippen molar-refractivity contribution in [3.05, 3.63) is 106 Å². The molecule has 2 amide bonds. The summed E-state index contributed by atoms with van der Waals surface area (Å²) < 4.78 is 17.0. The summed E-state index contributed by atoms with van der Waals surface area (Å²) in [7, 11) is 0. The third kappa shape index (κ3) is 11.1. The number of hydrogen-bond acceptors (Lipinski definition) is 11. The van der Waals surface area contributed by atoms with Gasteiger partial charge in [0.25, 0.3) is 0 Å². The number of benzene rings is 3. The molecular formula is C40H50FN7O7S. The molecule has 2 atom stereocenters. The number of aromatic carboxylic acids is 1. The second-order valence-corrected chi connectivity index (χ2v) is 14.8. The number of hydrogen-bond donors (Lipinski definition) is 5. The number of carbonyl (C=O) groups is 3. The van der Waals surface area contributed by atoms with Crippen LogP contribution in [0.5, 0.6) is 0 Å². The maximum Gasteiger partial charge on any atom is 0.341 e. The Morgan fingerprint density at radius 1 is 0.964 bits per heavy atom. The highest BCUT2D eigenvalue weighted by atomic mass is 32.2. The second-order valence-electron chi connectivity index (χ2n) is 13.7. The molecule has 56 heavy (non-hydrogen) atoms. The summed E-state index contributed by atoms with van der Waals surface area (Å²) in [6.07, 6.45) is 1.30. The van der Waals surface area contributed by atoms with Crippen molar-refractivity contribution in [2.45, 2.75) is 52.6 Å². The molecule has 5 rings (SSSR count). The molecule has 2 heterocycles. The second kappa shape index (κ2) is 20.4. The van der Waals surface area contributed by atoms with E-state index in [1.54, 1.807) is 22.8 Å². The minimum atomic E-state index is -1.35. The largest absolute Gasteiger partial charge is 0.477 e. The van der Waals surface area contributed by atoms with Gasteiger partial charge >= 0.3 is 5.97 Å². The van der Waals surface area contributed by atoms with Crippen molar-refractivity contribution in [1.82, 2.24) is 20.4 Å². The number of pyridine rings is 1. The van der Waals surface area contributed by atoms with Crippen LogP contribution in [-0.4, -0.2) is 88.8 Å². The SMILES string of the molecule is CCn1cc(C(=O)O)c(=O)c2cc(F)c(N3CCN(OCc4ccc(NC(=O)[C@H](CSCCN)NC(=O)[C@@H](NOCc5ccccc5)C(C)C)cc4)CC3)cc21. The number of nitrogens with one attached hydrogen (secondary N) is 3. The van der Waals surface area contributed by atoms with E-state index in [1.165, 1.54) is 18.0 Å². The Balaban J connectivity index is 1.13. The van der Waals surface area contributed by atoms with Crippen LogP contribution in [0.25, 0.3) is 10.9 Å². The Morgan fingerprint density at radius 2 is 1.66 bits per heavy atom. The molecule has 6 N–H and O–H groups in total. The predicted molar refractivity (Wildman–Crippen MR) is 216 cm³/mol. The first kappa shape index (κ1) is 42.3. The van der Waals surface area contributed by atoms with Gasteiger partial charge in [-0.1, -0.05) is 56.3 Å². The van der Waals surface area contributed by atoms with Gasteiger partial charge in [-0.25, -0.2) is 9.18 Å². The van der Waals surface area contributed by atoms with Gasteiger partial charge in [0.05, 0.1) is 24.4 Å². The number of aryl methyl sites for hydroxylation is 1. The van der Waals surface area contributed by atoms with Gasteiger partial charge in [-0.2, -0.15) is 22.3 Å². The summed E-state index contributed by atoms with van der Waals surface area (Å²) in [5, 5.41) is 17.1. The molecule has 0 bridgehead atoms. The highest BCUT2D eigenvalue weighted by Gasteiger charge is 2.28. The van der Waals surface area contributed by atoms with Crippen LogP contribution in [0.3, 0.4) is 0 Å². The fourth-order valence-corrected chi connectivity index (χ4v) is 7.01. The molecule has 1 saturated heterocycles. The fourth-order valence-electron chi connectivity index (χ4n) is 6.20. The van der Waals surface area contributed by atoms with Crippen LogP contribution in [-0.2, 0) is 39.0 Å². The first-order valence-electron chi connectivity index (χ1n) is 18.6. The van der Waals surface area contributed by atoms with Crippen molar-refractivity contribution < 1.29 is 33.6 Å². The number of fused-ring (bicyclic) bond motifs is 1. The molecule has 14 nitrogen and oxygen atoms in total. The number of carboxylic acid groups (broad SMARTS) is 1. The molecule has 1 aliphatic rings. The van der Waals surface area contributed by atoms with Gasteiger partial charge < -0.3 is 30.9 Å². The van der Waals surface area contributed by atoms with Crippen molar-refractivity contribution in [3.8, 4) is 0 Å². The van der Waals surface area contributed by atoms with Gasteiger partial charge in [0.1, 0.15) is 23.5 Å². The average Bonchev–Trinajstić information content (AvgIpc) is 3.19. The van der Waals surface area contributed by atoms with E-state index in [-0.39, 0.29) is 36.3 Å². The summed E-state index contributed by atoms with van der Waals surface area (Å²) in [4.78, 5) is 64.7. The van der Waals surface area contributed by atoms with Crippen LogP contribution < -0.4 is 32.2 Å². The van der Waals surface area contributed by atoms with Crippen molar-refractivity contribution in [1.29, 1.82) is 0 Å². The van der Waals surface area contributed by atoms with E-state index in [9.17, 15) is 24.3 Å². The number of carboxylic acids is 1. The van der Waals surface area contributed by atoms with E-state index in [1.807, 2.05) is 73.2 Å². The zero-order valence-corrected chi connectivity index (χ0v) is 32.6. The summed E-state index contributed by atoms with van der Waals surface area (Å²) in [5.41, 5.74) is 10.6. The Bertz CT molecular complexity index is 2010. The Labute approximate surface area is 329 Å². The number of amides is 2. The van der Waals surface area contributed by atoms with E-state index in [2.05, 4.69) is 16.1 Å². The lowest BCUT2D eigenvalue weighted by Gasteiger charge is -2.35. The normalized spacial score (nSPS) is 14.5. The predicted octanol–water partition coefficient (Wildman–Crippen LogP) is 3.97. The van der Waals surface area contributed by atoms with E-state index in [0.717, 1.165) is 17.2 Å². The van der Waals surface area contributed by atoms with E-state index < -0.39 is 34.9 Å². The number of nitrogens with two attached hydrogens (primary N) is 1. The monoisotopic (exact) mass is 791 g/mol. The zero-order chi connectivity index (χ0) is 40.2. The Kier molecular flexibility index (Phi) is 15.4. The van der Waals surface area contributed by atoms with Gasteiger partial charge in [-0.15, -0.1) is 0 Å². The first-order chi connectivity index (χ1) is 27.0. The molecule has 3 aromatic carbocycles. The molecule has 300 valence electrons. The van der Waals surface area contributed by atoms with E-state index >= 15 is 4.39 Å². The van der Waals surface area contributed by atoms with Crippen molar-refractivity contribution in [2.24, 2.45) is 11.7 Å². The van der Waals surface area contributed by atoms with Crippen LogP contribution >= 0.6 is 11.8 Å². The maximum absolute atomic E-state index is 15.3. The molecule has 0 saturated carbocycles. The number of anilines is 2. The maximum atomic E-state index is 15.3. The number of rotatable bonds is 19. The third-order valence-corrected chi connectivity index (χ3v) is 10.4. The average molecular weight is 792 g/mol. The highest BCUT2D eigenvalue weighted by Crippen LogP contribution is 2.27. The molecule has 1 aromatic heterocycles. The number of carbonyl (C=O) groups excluding carboxylic acids is 2. The number of halogens is 1. The summed E-state index contributed by atoms with van der Waals surface area (Å²) in [6, 6.07) is 18.1. The molecule has 4 aromatic rings. The van der Waals surface area contributed by atoms with Gasteiger partial charge in [-0.3, -0.25) is 24.1 Å². The van der Waals surface area contributed by atoms with Crippen LogP contribution in [0.2, 0.25) is 0 Å². The van der Waals surface area contributed by atoms with Crippen LogP contribution in [0, 0.1) is 11.7 Å². The summed E-state index contributed by atoms with van der Waals surface area (Å²) >= 11 is 1.48. The smallest absolute Gasteiger partial charge is 0.341 e. The Morgan fingerprint density at radius 3 is 2.30 bits per heavy atom. The number of thioether (sulfide) groups is 1. The fraction of sp³-hybridized carbons (Fsp3) is 0.400. The topological polar surface area (TPSA) is 180 Å². The van der Waals surface area contributed by atoms with Gasteiger partial charge in [0, 0.05) is 68.0 Å². The Hall–Kier alpha value is -4.84. The van der Waals surface area contributed by atoms with E-state index in [4.69, 9.17) is 15.4 Å². The van der Waals surface area contributed by atoms with Crippen LogP contribution in [0.4, 0.5) is 15.8 Å². The van der Waals surface area contributed by atoms with Gasteiger partial charge in [-0.05, 0) is 48.2 Å². The minimum Gasteiger partial charge on any atom is -0.477 e. The standard InChI is InChI=1S/C40H50FN7O7S/c1-4-46-22-31(40(52)53)37(49)30-20-32(41)35(21-34(30)46)47-15-17-48(18-16-47)55-24-28-10-12-29(13-11-28)43-38(50)33(25-56-19-14-42)44-39(51)36(26(2)3)45-54-23-27-8-6-5-7-9-27/h5-13,20-22,26,33,36,45H,4,14-19,23-25,42H2,1-3H3,(H,43,50)(H,44,51)(H,52,53)/t33-,36-/m0/s1. The molecule has 0 spiro atoms. The lowest BCUT2D eigenvalue weighted by Crippen LogP contribution is -2.54. The van der Waals surface area contributed by atoms with Crippen molar-refractivity contribution >= 4 is 51.8 Å². The van der Waals surface area contributed by atoms with Gasteiger partial charge in [0.15, 0.2) is 0 Å². The molecular weight excluding hydrogens is 742 g/mol. The number of piperazine rings is 1. The van der Waals surface area contributed by atoms with Crippen molar-refractivity contribution in [3.63, 3.8) is 0 Å². The lowest BCUT2D eigenvalue weighted by molar-refractivity contribution is -0.171. The number of hydroxylamine groups is 3. The zero-order valence-electron chi connectivity index (χ0n) is 31.8. The van der Waals surface area contributed by atoms with Crippen LogP contribution in [0.15, 0.2) is 77.7 Å². The molecule has 16 heteroatoms. The summed E-state index contributed by atoms with van der Waals surface area (Å²) in [6.45, 7) is 8.95. The summed E-state index contributed by atoms with van der Waals surface area (Å²) in [5.74, 6) is -1.79. The lowest BCUT2D eigenvalue weighted by atomic mass is 10.0. The van der Waals surface area contributed by atoms with Crippen molar-refractivity contribution in [2.75, 3.05) is 54.4 Å². The van der Waals surface area contributed by atoms with E-state index in [0.29, 0.717) is 67.7 Å². The highest BCUT2D eigenvalue weighted by molar-refractivity contribution is 7.99. The molecule has 0 aliphatic carbocycles. The van der Waals surface area contributed by atoms with Gasteiger partial charge in [0.2, 0.25) is 17.2 Å². The number of nitrogens with zero attached hydrogens (tertiary/aromatic N) is 3. The molecule has 0 radical (unpaired) electrons. The molecule has 1 aliphatic heterocycles. The minimum absolute atomic E-state index is 0.0299.